The Hall–Kier alpha value is -6.24. The van der Waals surface area contributed by atoms with Crippen LogP contribution in [-0.2, 0) is 31.4 Å². The van der Waals surface area contributed by atoms with Gasteiger partial charge in [-0.1, -0.05) is 0 Å². The number of fused-ring (bicyclic) bond motifs is 3. The van der Waals surface area contributed by atoms with Crippen LogP contribution in [0.1, 0.15) is 83.2 Å². The van der Waals surface area contributed by atoms with Gasteiger partial charge in [-0.25, -0.2) is 9.59 Å². The molecule has 4 heterocycles. The number of methoxy groups -OCH3 is 3. The fourth-order valence-electron chi connectivity index (χ4n) is 8.07. The first-order chi connectivity index (χ1) is 30.5. The fourth-order valence-corrected chi connectivity index (χ4v) is 8.35. The van der Waals surface area contributed by atoms with Crippen molar-refractivity contribution in [1.82, 2.24) is 23.8 Å². The van der Waals surface area contributed by atoms with E-state index in [2.05, 4.69) is 11.0 Å². The first-order valence-corrected chi connectivity index (χ1v) is 21.8. The Morgan fingerprint density at radius 3 is 1.80 bits per heavy atom. The van der Waals surface area contributed by atoms with Gasteiger partial charge in [0.05, 0.1) is 55.8 Å². The van der Waals surface area contributed by atoms with Gasteiger partial charge in [-0.15, -0.1) is 11.6 Å². The Bertz CT molecular complexity index is 2810. The third-order valence-corrected chi connectivity index (χ3v) is 11.2. The molecule has 0 radical (unpaired) electrons. The van der Waals surface area contributed by atoms with Crippen molar-refractivity contribution >= 4 is 62.5 Å². The number of alkyl halides is 1. The molecule has 3 aromatic carbocycles. The molecular formula is C49H59ClN6O9. The predicted molar refractivity (Wildman–Crippen MR) is 249 cm³/mol. The van der Waals surface area contributed by atoms with Crippen molar-refractivity contribution in [2.24, 2.45) is 5.41 Å². The highest BCUT2D eigenvalue weighted by Gasteiger charge is 2.38. The normalized spacial score (nSPS) is 13.5. The molecule has 0 atom stereocenters. The van der Waals surface area contributed by atoms with Gasteiger partial charge in [0, 0.05) is 65.5 Å². The second-order valence-electron chi connectivity index (χ2n) is 18.9. The van der Waals surface area contributed by atoms with E-state index in [1.165, 1.54) is 16.2 Å². The summed E-state index contributed by atoms with van der Waals surface area (Å²) in [4.78, 5) is 39.6. The van der Waals surface area contributed by atoms with Crippen molar-refractivity contribution in [2.45, 2.75) is 99.0 Å². The molecule has 0 N–H and O–H groups in total. The number of benzene rings is 3. The summed E-state index contributed by atoms with van der Waals surface area (Å²) in [5.41, 5.74) is 4.28. The number of nitriles is 1. The Morgan fingerprint density at radius 1 is 0.800 bits per heavy atom. The lowest BCUT2D eigenvalue weighted by molar-refractivity contribution is -0.153. The molecule has 65 heavy (non-hydrogen) atoms. The molecule has 1 aliphatic heterocycles. The Morgan fingerprint density at radius 2 is 1.32 bits per heavy atom. The number of carbonyl (C=O) groups excluding carboxylic acids is 3. The standard InChI is InChI=1S/C33H39N5O6.C16H20ClNO3/c1-20-13-26(41-7)25(24-11-12-38(28(20)24)31(40)44-32(2,3)4)18-37-15-22-10-9-21(14-34)29(27(22)35-37)43-23-16-36(17-23)19-33(5,6)30(39)42-8;1-10-8-13(20-5)12(9-17)11-6-7-18(14(10)11)15(19)21-16(2,3)4/h9-13,15,23H,16-19H2,1-8H3;6-8H,9H2,1-5H3. The zero-order chi connectivity index (χ0) is 47.8. The number of halogens is 1. The molecule has 1 aliphatic rings. The van der Waals surface area contributed by atoms with Gasteiger partial charge < -0.3 is 28.4 Å². The van der Waals surface area contributed by atoms with Crippen molar-refractivity contribution in [2.75, 3.05) is 41.0 Å². The molecule has 15 nitrogen and oxygen atoms in total. The molecule has 0 spiro atoms. The summed E-state index contributed by atoms with van der Waals surface area (Å²) < 4.78 is 38.3. The highest BCUT2D eigenvalue weighted by molar-refractivity contribution is 6.18. The van der Waals surface area contributed by atoms with Gasteiger partial charge in [-0.3, -0.25) is 23.5 Å². The van der Waals surface area contributed by atoms with Gasteiger partial charge >= 0.3 is 18.2 Å². The highest BCUT2D eigenvalue weighted by atomic mass is 35.5. The monoisotopic (exact) mass is 910 g/mol. The van der Waals surface area contributed by atoms with Crippen LogP contribution in [0.5, 0.6) is 17.2 Å². The quantitative estimate of drug-likeness (QED) is 0.0728. The topological polar surface area (TPSA) is 161 Å². The molecule has 0 saturated carbocycles. The number of hydrogen-bond acceptors (Lipinski definition) is 12. The lowest BCUT2D eigenvalue weighted by Crippen LogP contribution is -2.57. The van der Waals surface area contributed by atoms with E-state index in [1.54, 1.807) is 37.4 Å². The largest absolute Gasteiger partial charge is 0.496 e. The smallest absolute Gasteiger partial charge is 0.419 e. The number of ether oxygens (including phenoxy) is 6. The summed E-state index contributed by atoms with van der Waals surface area (Å²) >= 11 is 6.03. The number of rotatable bonds is 10. The average Bonchev–Trinajstić information content (AvgIpc) is 3.97. The van der Waals surface area contributed by atoms with Gasteiger partial charge in [-0.05, 0) is 117 Å². The lowest BCUT2D eigenvalue weighted by atomic mass is 9.91. The third-order valence-electron chi connectivity index (χ3n) is 10.9. The molecular weight excluding hydrogens is 852 g/mol. The van der Waals surface area contributed by atoms with E-state index in [1.807, 2.05) is 106 Å². The molecule has 0 amide bonds. The van der Waals surface area contributed by atoms with Crippen LogP contribution < -0.4 is 14.2 Å². The van der Waals surface area contributed by atoms with Crippen LogP contribution in [0, 0.1) is 30.6 Å². The highest BCUT2D eigenvalue weighted by Crippen LogP contribution is 2.37. The molecule has 0 aliphatic carbocycles. The van der Waals surface area contributed by atoms with Crippen LogP contribution in [-0.4, -0.2) is 100 Å². The molecule has 0 unspecified atom stereocenters. The number of likely N-dealkylation sites (tertiary alicyclic amines) is 1. The number of aryl methyl sites for hydroxylation is 2. The van der Waals surface area contributed by atoms with Crippen LogP contribution in [0.2, 0.25) is 0 Å². The Balaban J connectivity index is 0.000000279. The van der Waals surface area contributed by atoms with E-state index in [0.717, 1.165) is 55.2 Å². The molecule has 1 fully saturated rings. The summed E-state index contributed by atoms with van der Waals surface area (Å²) in [7, 11) is 4.63. The van der Waals surface area contributed by atoms with Crippen LogP contribution in [0.15, 0.2) is 55.0 Å². The molecule has 16 heteroatoms. The van der Waals surface area contributed by atoms with Crippen molar-refractivity contribution in [3.05, 3.63) is 82.8 Å². The summed E-state index contributed by atoms with van der Waals surface area (Å²) in [6.45, 7) is 20.8. The molecule has 346 valence electrons. The first kappa shape index (κ1) is 48.2. The SMILES string of the molecule is COC(=O)C(C)(C)CN1CC(Oc2c(C#N)ccc3cn(Cc4c(OC)cc(C)c5c4ccn5C(=O)OC(C)(C)C)nc23)C1.COc1cc(C)c2c(ccn2C(=O)OC(C)(C)C)c1CCl. The van der Waals surface area contributed by atoms with E-state index in [4.69, 9.17) is 45.1 Å². The second-order valence-corrected chi connectivity index (χ2v) is 19.1. The van der Waals surface area contributed by atoms with Crippen LogP contribution in [0.25, 0.3) is 32.7 Å². The first-order valence-electron chi connectivity index (χ1n) is 21.3. The fraction of sp³-hybridized carbons (Fsp3) is 0.449. The van der Waals surface area contributed by atoms with Crippen molar-refractivity contribution < 1.29 is 42.8 Å². The third kappa shape index (κ3) is 10.3. The Kier molecular flexibility index (Phi) is 13.9. The maximum absolute atomic E-state index is 13.0. The van der Waals surface area contributed by atoms with Crippen molar-refractivity contribution in [3.8, 4) is 23.3 Å². The van der Waals surface area contributed by atoms with Gasteiger partial charge in [0.15, 0.2) is 5.75 Å². The summed E-state index contributed by atoms with van der Waals surface area (Å²) in [6, 6.07) is 13.4. The number of nitrogens with zero attached hydrogens (tertiary/aromatic N) is 6. The summed E-state index contributed by atoms with van der Waals surface area (Å²) in [5, 5.41) is 17.3. The molecule has 1 saturated heterocycles. The lowest BCUT2D eigenvalue weighted by Gasteiger charge is -2.42. The predicted octanol–water partition coefficient (Wildman–Crippen LogP) is 9.75. The maximum atomic E-state index is 13.0. The van der Waals surface area contributed by atoms with Gasteiger partial charge in [0.2, 0.25) is 0 Å². The van der Waals surface area contributed by atoms with Gasteiger partial charge in [-0.2, -0.15) is 10.4 Å². The second kappa shape index (κ2) is 18.7. The number of carbonyl (C=O) groups is 3. The average molecular weight is 911 g/mol. The maximum Gasteiger partial charge on any atom is 0.419 e. The zero-order valence-electron chi connectivity index (χ0n) is 39.5. The molecule has 6 aromatic rings. The molecule has 3 aromatic heterocycles. The van der Waals surface area contributed by atoms with Crippen molar-refractivity contribution in [3.63, 3.8) is 0 Å². The summed E-state index contributed by atoms with van der Waals surface area (Å²) in [6.07, 6.45) is 4.34. The molecule has 7 rings (SSSR count). The zero-order valence-corrected chi connectivity index (χ0v) is 40.3. The van der Waals surface area contributed by atoms with E-state index in [0.29, 0.717) is 54.6 Å². The van der Waals surface area contributed by atoms with Gasteiger partial charge in [0.25, 0.3) is 0 Å². The number of esters is 1. The molecule has 0 bridgehead atoms. The summed E-state index contributed by atoms with van der Waals surface area (Å²) in [5.74, 6) is 1.91. The van der Waals surface area contributed by atoms with E-state index in [-0.39, 0.29) is 12.1 Å². The minimum absolute atomic E-state index is 0.143. The van der Waals surface area contributed by atoms with Crippen molar-refractivity contribution in [1.29, 1.82) is 5.26 Å². The van der Waals surface area contributed by atoms with E-state index >= 15 is 0 Å². The number of hydrogen-bond donors (Lipinski definition) is 0. The van der Waals surface area contributed by atoms with Crippen LogP contribution >= 0.6 is 11.6 Å². The number of aromatic nitrogens is 4. The Labute approximate surface area is 384 Å². The van der Waals surface area contributed by atoms with E-state index in [9.17, 15) is 19.6 Å². The minimum atomic E-state index is -0.633. The minimum Gasteiger partial charge on any atom is -0.496 e. The van der Waals surface area contributed by atoms with Crippen LogP contribution in [0.3, 0.4) is 0 Å². The van der Waals surface area contributed by atoms with E-state index < -0.39 is 28.8 Å². The van der Waals surface area contributed by atoms with Crippen LogP contribution in [0.4, 0.5) is 9.59 Å². The van der Waals surface area contributed by atoms with Gasteiger partial charge in [0.1, 0.15) is 40.4 Å².